The molecule has 2 amide bonds. The van der Waals surface area contributed by atoms with Crippen LogP contribution in [-0.4, -0.2) is 45.1 Å². The molecule has 1 N–H and O–H groups in total. The number of rotatable bonds is 6. The summed E-state index contributed by atoms with van der Waals surface area (Å²) in [5, 5.41) is 7.34. The normalized spacial score (nSPS) is 20.8. The Bertz CT molecular complexity index is 497. The smallest absolute Gasteiger partial charge is 0.247 e. The van der Waals surface area contributed by atoms with Crippen molar-refractivity contribution in [2.75, 3.05) is 6.54 Å². The molecule has 20 heavy (non-hydrogen) atoms. The summed E-state index contributed by atoms with van der Waals surface area (Å²) in [5.41, 5.74) is 1.11. The number of carbonyl (C=O) groups excluding carboxylic acids is 2. The van der Waals surface area contributed by atoms with Gasteiger partial charge in [-0.25, -0.2) is 0 Å². The topological polar surface area (TPSA) is 67.2 Å². The van der Waals surface area contributed by atoms with Gasteiger partial charge < -0.3 is 5.32 Å². The Balaban J connectivity index is 1.85. The van der Waals surface area contributed by atoms with Crippen LogP contribution in [0.4, 0.5) is 0 Å². The van der Waals surface area contributed by atoms with Gasteiger partial charge in [-0.2, -0.15) is 5.10 Å². The van der Waals surface area contributed by atoms with E-state index in [1.807, 2.05) is 31.6 Å². The molecule has 2 rings (SSSR count). The predicted octanol–water partition coefficient (Wildman–Crippen LogP) is 0.707. The summed E-state index contributed by atoms with van der Waals surface area (Å²) in [4.78, 5) is 25.5. The Labute approximate surface area is 119 Å². The highest BCUT2D eigenvalue weighted by molar-refractivity contribution is 6.05. The second kappa shape index (κ2) is 6.17. The van der Waals surface area contributed by atoms with Gasteiger partial charge >= 0.3 is 0 Å². The van der Waals surface area contributed by atoms with E-state index in [1.54, 1.807) is 6.20 Å². The number of amides is 2. The molecule has 6 nitrogen and oxygen atoms in total. The zero-order chi connectivity index (χ0) is 14.7. The number of hydrogen-bond donors (Lipinski definition) is 1. The molecule has 0 radical (unpaired) electrons. The summed E-state index contributed by atoms with van der Waals surface area (Å²) in [7, 11) is 0. The van der Waals surface area contributed by atoms with E-state index in [2.05, 4.69) is 10.4 Å². The van der Waals surface area contributed by atoms with Gasteiger partial charge in [0.15, 0.2) is 0 Å². The van der Waals surface area contributed by atoms with Gasteiger partial charge in [0.05, 0.1) is 25.2 Å². The number of hydrogen-bond acceptors (Lipinski definition) is 4. The van der Waals surface area contributed by atoms with E-state index in [-0.39, 0.29) is 30.3 Å². The molecule has 1 fully saturated rings. The minimum absolute atomic E-state index is 0.0180. The highest BCUT2D eigenvalue weighted by Gasteiger charge is 2.40. The van der Waals surface area contributed by atoms with Crippen LogP contribution in [0.25, 0.3) is 0 Å². The van der Waals surface area contributed by atoms with Crippen LogP contribution in [0.2, 0.25) is 0 Å². The predicted molar refractivity (Wildman–Crippen MR) is 75.0 cm³/mol. The molecule has 1 aliphatic heterocycles. The van der Waals surface area contributed by atoms with E-state index >= 15 is 0 Å². The maximum absolute atomic E-state index is 12.2. The lowest BCUT2D eigenvalue weighted by atomic mass is 10.2. The lowest BCUT2D eigenvalue weighted by Crippen LogP contribution is -2.43. The Hall–Kier alpha value is -1.69. The van der Waals surface area contributed by atoms with E-state index in [0.717, 1.165) is 12.0 Å². The summed E-state index contributed by atoms with van der Waals surface area (Å²) in [6.07, 6.45) is 4.81. The zero-order valence-corrected chi connectivity index (χ0v) is 12.3. The van der Waals surface area contributed by atoms with Crippen molar-refractivity contribution in [1.82, 2.24) is 20.0 Å². The van der Waals surface area contributed by atoms with Gasteiger partial charge in [0.2, 0.25) is 11.8 Å². The second-order valence-electron chi connectivity index (χ2n) is 5.35. The molecule has 110 valence electrons. The highest BCUT2D eigenvalue weighted by Crippen LogP contribution is 2.17. The first-order valence-corrected chi connectivity index (χ1v) is 7.11. The third-order valence-corrected chi connectivity index (χ3v) is 3.71. The number of imide groups is 1. The van der Waals surface area contributed by atoms with Gasteiger partial charge in [0.25, 0.3) is 0 Å². The Kier molecular flexibility index (Phi) is 4.54. The van der Waals surface area contributed by atoms with Gasteiger partial charge in [0, 0.05) is 18.8 Å². The van der Waals surface area contributed by atoms with E-state index < -0.39 is 0 Å². The number of aryl methyl sites for hydroxylation is 1. The van der Waals surface area contributed by atoms with Crippen LogP contribution < -0.4 is 5.32 Å². The molecule has 1 aromatic heterocycles. The average molecular weight is 278 g/mol. The summed E-state index contributed by atoms with van der Waals surface area (Å²) in [6.45, 7) is 7.19. The quantitative estimate of drug-likeness (QED) is 0.778. The molecule has 2 atom stereocenters. The number of nitrogens with one attached hydrogen (secondary N) is 1. The molecular weight excluding hydrogens is 256 g/mol. The first-order chi connectivity index (χ1) is 9.52. The van der Waals surface area contributed by atoms with Gasteiger partial charge in [0.1, 0.15) is 0 Å². The van der Waals surface area contributed by atoms with Crippen LogP contribution in [0.15, 0.2) is 12.4 Å². The molecule has 6 heteroatoms. The maximum atomic E-state index is 12.2. The van der Waals surface area contributed by atoms with Gasteiger partial charge in [-0.3, -0.25) is 19.2 Å². The summed E-state index contributed by atoms with van der Waals surface area (Å²) in [5.74, 6) is -0.169. The van der Waals surface area contributed by atoms with Crippen molar-refractivity contribution in [3.63, 3.8) is 0 Å². The maximum Gasteiger partial charge on any atom is 0.247 e. The van der Waals surface area contributed by atoms with Gasteiger partial charge in [-0.1, -0.05) is 6.92 Å². The minimum Gasteiger partial charge on any atom is -0.304 e. The lowest BCUT2D eigenvalue weighted by molar-refractivity contribution is -0.141. The minimum atomic E-state index is -0.381. The van der Waals surface area contributed by atoms with Crippen molar-refractivity contribution < 1.29 is 9.59 Å². The van der Waals surface area contributed by atoms with Crippen LogP contribution >= 0.6 is 0 Å². The molecule has 0 aliphatic carbocycles. The first-order valence-electron chi connectivity index (χ1n) is 7.11. The first kappa shape index (κ1) is 14.7. The molecule has 2 heterocycles. The second-order valence-corrected chi connectivity index (χ2v) is 5.35. The van der Waals surface area contributed by atoms with Crippen LogP contribution in [-0.2, 0) is 16.1 Å². The van der Waals surface area contributed by atoms with Crippen LogP contribution in [0.3, 0.4) is 0 Å². The van der Waals surface area contributed by atoms with E-state index in [1.165, 1.54) is 4.90 Å². The fraction of sp³-hybridized carbons (Fsp3) is 0.643. The van der Waals surface area contributed by atoms with Crippen LogP contribution in [0.5, 0.6) is 0 Å². The molecule has 0 saturated carbocycles. The van der Waals surface area contributed by atoms with Crippen molar-refractivity contribution >= 4 is 11.8 Å². The Morgan fingerprint density at radius 2 is 2.25 bits per heavy atom. The fourth-order valence-corrected chi connectivity index (χ4v) is 2.40. The van der Waals surface area contributed by atoms with Crippen molar-refractivity contribution in [1.29, 1.82) is 0 Å². The number of aromatic nitrogens is 2. The number of carbonyl (C=O) groups is 2. The zero-order valence-electron chi connectivity index (χ0n) is 12.3. The summed E-state index contributed by atoms with van der Waals surface area (Å²) < 4.78 is 1.83. The third kappa shape index (κ3) is 3.07. The van der Waals surface area contributed by atoms with Gasteiger partial charge in [-0.15, -0.1) is 0 Å². The number of nitrogens with zero attached hydrogens (tertiary/aromatic N) is 3. The van der Waals surface area contributed by atoms with E-state index in [9.17, 15) is 9.59 Å². The molecule has 0 bridgehead atoms. The van der Waals surface area contributed by atoms with Crippen molar-refractivity contribution in [3.8, 4) is 0 Å². The fourth-order valence-electron chi connectivity index (χ4n) is 2.40. The van der Waals surface area contributed by atoms with E-state index in [4.69, 9.17) is 0 Å². The molecule has 0 aromatic carbocycles. The highest BCUT2D eigenvalue weighted by atomic mass is 16.2. The van der Waals surface area contributed by atoms with Crippen molar-refractivity contribution in [2.24, 2.45) is 0 Å². The largest absolute Gasteiger partial charge is 0.304 e. The molecule has 0 spiro atoms. The van der Waals surface area contributed by atoms with Crippen molar-refractivity contribution in [2.45, 2.75) is 52.2 Å². The van der Waals surface area contributed by atoms with Crippen molar-refractivity contribution in [3.05, 3.63) is 18.0 Å². The monoisotopic (exact) mass is 278 g/mol. The number of likely N-dealkylation sites (tertiary alicyclic amines) is 1. The Morgan fingerprint density at radius 1 is 1.50 bits per heavy atom. The lowest BCUT2D eigenvalue weighted by Gasteiger charge is -2.21. The average Bonchev–Trinajstić information content (AvgIpc) is 2.94. The summed E-state index contributed by atoms with van der Waals surface area (Å²) >= 11 is 0. The molecule has 1 aliphatic rings. The van der Waals surface area contributed by atoms with Crippen LogP contribution in [0.1, 0.15) is 32.3 Å². The Morgan fingerprint density at radius 3 is 2.85 bits per heavy atom. The standard InChI is InChI=1S/C14H22N4O2/c1-4-11(3)18-13(19)7-12(14(18)20)15-5-6-17-9-10(2)8-16-17/h8-9,11-12,15H,4-7H2,1-3H3. The third-order valence-electron chi connectivity index (χ3n) is 3.71. The molecule has 2 unspecified atom stereocenters. The molecule has 1 aromatic rings. The molecular formula is C14H22N4O2. The van der Waals surface area contributed by atoms with Gasteiger partial charge in [-0.05, 0) is 25.8 Å². The molecule has 1 saturated heterocycles. The van der Waals surface area contributed by atoms with E-state index in [0.29, 0.717) is 13.1 Å². The van der Waals surface area contributed by atoms with Crippen LogP contribution in [0, 0.1) is 6.92 Å². The SMILES string of the molecule is CCC(C)N1C(=O)CC(NCCn2cc(C)cn2)C1=O. The summed E-state index contributed by atoms with van der Waals surface area (Å²) in [6, 6.07) is -0.399.